The number of H-pyrrole nitrogens is 1. The number of rotatable bonds is 2. The summed E-state index contributed by atoms with van der Waals surface area (Å²) in [6.45, 7) is 1.12. The minimum absolute atomic E-state index is 0.0309. The average molecular weight is 286 g/mol. The SMILES string of the molecule is COC(=O)C1CCCN(C(=O)c2cccc3cc[nH]c23)C1. The number of piperidine rings is 1. The molecule has 0 spiro atoms. The van der Waals surface area contributed by atoms with Crippen LogP contribution in [0.4, 0.5) is 0 Å². The van der Waals surface area contributed by atoms with Crippen LogP contribution in [0.3, 0.4) is 0 Å². The number of nitrogens with one attached hydrogen (secondary N) is 1. The van der Waals surface area contributed by atoms with E-state index in [1.54, 1.807) is 4.90 Å². The summed E-state index contributed by atoms with van der Waals surface area (Å²) >= 11 is 0. The molecule has 110 valence electrons. The lowest BCUT2D eigenvalue weighted by molar-refractivity contribution is -0.146. The van der Waals surface area contributed by atoms with Crippen molar-refractivity contribution < 1.29 is 14.3 Å². The molecule has 0 radical (unpaired) electrons. The minimum Gasteiger partial charge on any atom is -0.469 e. The molecule has 1 amide bonds. The van der Waals surface area contributed by atoms with Gasteiger partial charge in [0.05, 0.1) is 24.1 Å². The zero-order valence-electron chi connectivity index (χ0n) is 12.0. The molecule has 1 saturated heterocycles. The molecule has 2 aromatic rings. The number of benzene rings is 1. The molecule has 1 atom stereocenters. The predicted octanol–water partition coefficient (Wildman–Crippen LogP) is 2.19. The van der Waals surface area contributed by atoms with Gasteiger partial charge in [-0.05, 0) is 25.0 Å². The van der Waals surface area contributed by atoms with Gasteiger partial charge in [-0.2, -0.15) is 0 Å². The lowest BCUT2D eigenvalue weighted by Gasteiger charge is -2.31. The van der Waals surface area contributed by atoms with Crippen LogP contribution in [0.1, 0.15) is 23.2 Å². The van der Waals surface area contributed by atoms with Gasteiger partial charge in [0.25, 0.3) is 5.91 Å². The average Bonchev–Trinajstić information content (AvgIpc) is 3.02. The van der Waals surface area contributed by atoms with Gasteiger partial charge >= 0.3 is 5.97 Å². The van der Waals surface area contributed by atoms with E-state index in [0.29, 0.717) is 18.7 Å². The van der Waals surface area contributed by atoms with E-state index >= 15 is 0 Å². The van der Waals surface area contributed by atoms with E-state index in [1.165, 1.54) is 7.11 Å². The number of hydrogen-bond acceptors (Lipinski definition) is 3. The highest BCUT2D eigenvalue weighted by Gasteiger charge is 2.30. The molecule has 3 rings (SSSR count). The summed E-state index contributed by atoms with van der Waals surface area (Å²) in [6, 6.07) is 7.61. The number of likely N-dealkylation sites (tertiary alicyclic amines) is 1. The molecular weight excluding hydrogens is 268 g/mol. The number of carbonyl (C=O) groups excluding carboxylic acids is 2. The molecule has 0 saturated carbocycles. The Labute approximate surface area is 122 Å². The number of hydrogen-bond donors (Lipinski definition) is 1. The maximum Gasteiger partial charge on any atom is 0.310 e. The molecule has 1 fully saturated rings. The smallest absolute Gasteiger partial charge is 0.310 e. The molecule has 1 aromatic carbocycles. The van der Waals surface area contributed by atoms with E-state index in [2.05, 4.69) is 4.98 Å². The van der Waals surface area contributed by atoms with Crippen molar-refractivity contribution in [1.29, 1.82) is 0 Å². The number of aromatic amines is 1. The second-order valence-electron chi connectivity index (χ2n) is 5.36. The lowest BCUT2D eigenvalue weighted by Crippen LogP contribution is -2.42. The first-order chi connectivity index (χ1) is 10.2. The van der Waals surface area contributed by atoms with Crippen LogP contribution < -0.4 is 0 Å². The van der Waals surface area contributed by atoms with Gasteiger partial charge in [-0.15, -0.1) is 0 Å². The summed E-state index contributed by atoms with van der Waals surface area (Å²) in [5.74, 6) is -0.474. The van der Waals surface area contributed by atoms with Crippen LogP contribution in [0.5, 0.6) is 0 Å². The Hall–Kier alpha value is -2.30. The van der Waals surface area contributed by atoms with Gasteiger partial charge in [0.15, 0.2) is 0 Å². The van der Waals surface area contributed by atoms with E-state index in [0.717, 1.165) is 23.7 Å². The maximum atomic E-state index is 12.7. The molecule has 21 heavy (non-hydrogen) atoms. The number of ether oxygens (including phenoxy) is 1. The van der Waals surface area contributed by atoms with Gasteiger partial charge < -0.3 is 14.6 Å². The van der Waals surface area contributed by atoms with Crippen molar-refractivity contribution in [2.24, 2.45) is 5.92 Å². The fourth-order valence-electron chi connectivity index (χ4n) is 2.95. The van der Waals surface area contributed by atoms with Gasteiger partial charge in [0.1, 0.15) is 0 Å². The molecule has 5 nitrogen and oxygen atoms in total. The molecule has 0 aliphatic carbocycles. The Morgan fingerprint density at radius 2 is 2.19 bits per heavy atom. The van der Waals surface area contributed by atoms with Crippen molar-refractivity contribution in [2.75, 3.05) is 20.2 Å². The molecule has 1 N–H and O–H groups in total. The normalized spacial score (nSPS) is 18.7. The molecule has 1 aromatic heterocycles. The summed E-state index contributed by atoms with van der Waals surface area (Å²) in [7, 11) is 1.39. The van der Waals surface area contributed by atoms with Gasteiger partial charge in [0, 0.05) is 24.7 Å². The molecular formula is C16H18N2O3. The third kappa shape index (κ3) is 2.51. The van der Waals surface area contributed by atoms with E-state index in [4.69, 9.17) is 4.74 Å². The van der Waals surface area contributed by atoms with E-state index in [1.807, 2.05) is 30.5 Å². The van der Waals surface area contributed by atoms with Crippen molar-refractivity contribution >= 4 is 22.8 Å². The Balaban J connectivity index is 1.84. The molecule has 2 heterocycles. The van der Waals surface area contributed by atoms with Crippen molar-refractivity contribution in [3.63, 3.8) is 0 Å². The number of fused-ring (bicyclic) bond motifs is 1. The fourth-order valence-corrected chi connectivity index (χ4v) is 2.95. The van der Waals surface area contributed by atoms with Gasteiger partial charge in [-0.3, -0.25) is 9.59 Å². The van der Waals surface area contributed by atoms with Crippen molar-refractivity contribution in [3.05, 3.63) is 36.0 Å². The molecule has 1 aliphatic heterocycles. The molecule has 1 aliphatic rings. The van der Waals surface area contributed by atoms with Crippen molar-refractivity contribution in [1.82, 2.24) is 9.88 Å². The number of esters is 1. The summed E-state index contributed by atoms with van der Waals surface area (Å²) in [5.41, 5.74) is 1.51. The van der Waals surface area contributed by atoms with Crippen LogP contribution in [0.2, 0.25) is 0 Å². The number of nitrogens with zero attached hydrogens (tertiary/aromatic N) is 1. The van der Waals surface area contributed by atoms with Crippen LogP contribution in [0, 0.1) is 5.92 Å². The van der Waals surface area contributed by atoms with E-state index < -0.39 is 0 Å². The summed E-state index contributed by atoms with van der Waals surface area (Å²) in [4.78, 5) is 29.3. The number of methoxy groups -OCH3 is 1. The lowest BCUT2D eigenvalue weighted by atomic mass is 9.97. The third-order valence-electron chi connectivity index (χ3n) is 4.06. The van der Waals surface area contributed by atoms with Gasteiger partial charge in [-0.25, -0.2) is 0 Å². The van der Waals surface area contributed by atoms with Crippen LogP contribution in [0.15, 0.2) is 30.5 Å². The van der Waals surface area contributed by atoms with Crippen molar-refractivity contribution in [3.8, 4) is 0 Å². The first kappa shape index (κ1) is 13.7. The first-order valence-corrected chi connectivity index (χ1v) is 7.14. The van der Waals surface area contributed by atoms with Crippen LogP contribution in [-0.4, -0.2) is 42.0 Å². The van der Waals surface area contributed by atoms with E-state index in [9.17, 15) is 9.59 Å². The largest absolute Gasteiger partial charge is 0.469 e. The summed E-state index contributed by atoms with van der Waals surface area (Å²) in [5, 5.41) is 1.02. The number of para-hydroxylation sites is 1. The Morgan fingerprint density at radius 1 is 1.33 bits per heavy atom. The number of amides is 1. The quantitative estimate of drug-likeness (QED) is 0.861. The summed E-state index contributed by atoms with van der Waals surface area (Å²) < 4.78 is 4.80. The highest BCUT2D eigenvalue weighted by molar-refractivity contribution is 6.05. The van der Waals surface area contributed by atoms with Crippen molar-refractivity contribution in [2.45, 2.75) is 12.8 Å². The summed E-state index contributed by atoms with van der Waals surface area (Å²) in [6.07, 6.45) is 3.43. The second kappa shape index (κ2) is 5.60. The Morgan fingerprint density at radius 3 is 3.00 bits per heavy atom. The van der Waals surface area contributed by atoms with Crippen LogP contribution in [-0.2, 0) is 9.53 Å². The predicted molar refractivity (Wildman–Crippen MR) is 78.9 cm³/mol. The number of aromatic nitrogens is 1. The molecule has 5 heteroatoms. The number of carbonyl (C=O) groups is 2. The highest BCUT2D eigenvalue weighted by atomic mass is 16.5. The molecule has 0 bridgehead atoms. The zero-order chi connectivity index (χ0) is 14.8. The monoisotopic (exact) mass is 286 g/mol. The van der Waals surface area contributed by atoms with E-state index in [-0.39, 0.29) is 17.8 Å². The van der Waals surface area contributed by atoms with Crippen LogP contribution >= 0.6 is 0 Å². The Bertz CT molecular complexity index is 677. The first-order valence-electron chi connectivity index (χ1n) is 7.14. The maximum absolute atomic E-state index is 12.7. The topological polar surface area (TPSA) is 62.4 Å². The fraction of sp³-hybridized carbons (Fsp3) is 0.375. The minimum atomic E-state index is -0.231. The molecule has 1 unspecified atom stereocenters. The Kier molecular flexibility index (Phi) is 3.64. The standard InChI is InChI=1S/C16H18N2O3/c1-21-16(20)12-5-3-9-18(10-12)15(19)13-6-2-4-11-7-8-17-14(11)13/h2,4,6-8,12,17H,3,5,9-10H2,1H3. The van der Waals surface area contributed by atoms with Gasteiger partial charge in [-0.1, -0.05) is 12.1 Å². The van der Waals surface area contributed by atoms with Gasteiger partial charge in [0.2, 0.25) is 0 Å². The second-order valence-corrected chi connectivity index (χ2v) is 5.36. The highest BCUT2D eigenvalue weighted by Crippen LogP contribution is 2.23. The third-order valence-corrected chi connectivity index (χ3v) is 4.06. The zero-order valence-corrected chi connectivity index (χ0v) is 12.0. The van der Waals surface area contributed by atoms with Crippen LogP contribution in [0.25, 0.3) is 10.9 Å².